The van der Waals surface area contributed by atoms with E-state index in [2.05, 4.69) is 17.6 Å². The molecular weight excluding hydrogens is 275 g/mol. The first-order valence-corrected chi connectivity index (χ1v) is 8.15. The minimum atomic E-state index is -0.402. The van der Waals surface area contributed by atoms with Crippen LogP contribution in [0.5, 0.6) is 0 Å². The largest absolute Gasteiger partial charge is 0.322 e. The highest BCUT2D eigenvalue weighted by Crippen LogP contribution is 2.29. The van der Waals surface area contributed by atoms with Crippen LogP contribution in [-0.2, 0) is 4.79 Å². The molecule has 20 heavy (non-hydrogen) atoms. The summed E-state index contributed by atoms with van der Waals surface area (Å²) in [5.74, 6) is 0.507. The molecule has 0 aromatic heterocycles. The van der Waals surface area contributed by atoms with Gasteiger partial charge in [-0.15, -0.1) is 0 Å². The van der Waals surface area contributed by atoms with Crippen LogP contribution in [0.4, 0.5) is 10.1 Å². The molecule has 1 amide bonds. The summed E-state index contributed by atoms with van der Waals surface area (Å²) in [6.07, 6.45) is 3.54. The Hall–Kier alpha value is -1.07. The van der Waals surface area contributed by atoms with Gasteiger partial charge in [0.05, 0.1) is 12.2 Å². The molecule has 1 aliphatic rings. The lowest BCUT2D eigenvalue weighted by atomic mass is 10.2. The Morgan fingerprint density at radius 3 is 2.95 bits per heavy atom. The highest BCUT2D eigenvalue weighted by atomic mass is 32.2. The molecule has 0 aliphatic heterocycles. The van der Waals surface area contributed by atoms with Crippen molar-refractivity contribution >= 4 is 23.4 Å². The summed E-state index contributed by atoms with van der Waals surface area (Å²) in [6, 6.07) is 6.61. The van der Waals surface area contributed by atoms with E-state index in [0.29, 0.717) is 11.3 Å². The van der Waals surface area contributed by atoms with Gasteiger partial charge in [-0.25, -0.2) is 4.39 Å². The first-order valence-electron chi connectivity index (χ1n) is 7.10. The van der Waals surface area contributed by atoms with Crippen molar-refractivity contribution in [3.8, 4) is 0 Å². The van der Waals surface area contributed by atoms with Gasteiger partial charge in [0.15, 0.2) is 0 Å². The van der Waals surface area contributed by atoms with Gasteiger partial charge in [-0.3, -0.25) is 4.79 Å². The molecule has 2 rings (SSSR count). The molecule has 1 fully saturated rings. The van der Waals surface area contributed by atoms with Crippen LogP contribution in [0.25, 0.3) is 0 Å². The maximum Gasteiger partial charge on any atom is 0.238 e. The third-order valence-corrected chi connectivity index (χ3v) is 4.83. The Labute approximate surface area is 123 Å². The Balaban J connectivity index is 1.79. The quantitative estimate of drug-likeness (QED) is 0.848. The zero-order chi connectivity index (χ0) is 14.4. The third-order valence-electron chi connectivity index (χ3n) is 3.51. The molecule has 2 unspecified atom stereocenters. The lowest BCUT2D eigenvalue weighted by Crippen LogP contribution is -2.39. The van der Waals surface area contributed by atoms with Crippen LogP contribution >= 0.6 is 11.8 Å². The van der Waals surface area contributed by atoms with Gasteiger partial charge >= 0.3 is 0 Å². The van der Waals surface area contributed by atoms with Crippen LogP contribution < -0.4 is 10.6 Å². The molecule has 0 heterocycles. The van der Waals surface area contributed by atoms with Gasteiger partial charge in [0.1, 0.15) is 5.82 Å². The normalized spacial score (nSPS) is 21.9. The molecule has 1 aromatic rings. The van der Waals surface area contributed by atoms with Gasteiger partial charge in [-0.2, -0.15) is 11.8 Å². The molecule has 1 aromatic carbocycles. The number of nitrogens with one attached hydrogen (secondary N) is 2. The third kappa shape index (κ3) is 4.21. The minimum absolute atomic E-state index is 0.192. The van der Waals surface area contributed by atoms with Gasteiger partial charge in [0.25, 0.3) is 0 Å². The highest BCUT2D eigenvalue weighted by Gasteiger charge is 2.27. The second-order valence-corrected chi connectivity index (χ2v) is 6.46. The van der Waals surface area contributed by atoms with E-state index in [1.165, 1.54) is 18.9 Å². The summed E-state index contributed by atoms with van der Waals surface area (Å²) in [4.78, 5) is 11.8. The summed E-state index contributed by atoms with van der Waals surface area (Å²) < 4.78 is 13.4. The smallest absolute Gasteiger partial charge is 0.238 e. The van der Waals surface area contributed by atoms with Crippen LogP contribution in [-0.4, -0.2) is 29.5 Å². The highest BCUT2D eigenvalue weighted by molar-refractivity contribution is 7.99. The van der Waals surface area contributed by atoms with Gasteiger partial charge in [-0.1, -0.05) is 25.5 Å². The number of anilines is 1. The predicted octanol–water partition coefficient (Wildman–Crippen LogP) is 3.03. The molecule has 0 spiro atoms. The number of carbonyl (C=O) groups excluding carboxylic acids is 1. The van der Waals surface area contributed by atoms with E-state index < -0.39 is 5.82 Å². The van der Waals surface area contributed by atoms with Crippen molar-refractivity contribution in [2.45, 2.75) is 37.5 Å². The van der Waals surface area contributed by atoms with E-state index in [4.69, 9.17) is 0 Å². The average molecular weight is 296 g/mol. The number of hydrogen-bond donors (Lipinski definition) is 2. The second kappa shape index (κ2) is 7.64. The molecule has 2 atom stereocenters. The summed E-state index contributed by atoms with van der Waals surface area (Å²) in [7, 11) is 0. The number of rotatable bonds is 6. The lowest BCUT2D eigenvalue weighted by Gasteiger charge is -2.19. The molecule has 0 saturated heterocycles. The molecule has 3 nitrogen and oxygen atoms in total. The number of thioether (sulfide) groups is 1. The summed E-state index contributed by atoms with van der Waals surface area (Å²) in [5, 5.41) is 6.50. The van der Waals surface area contributed by atoms with Crippen LogP contribution in [0.3, 0.4) is 0 Å². The van der Waals surface area contributed by atoms with Crippen molar-refractivity contribution in [3.63, 3.8) is 0 Å². The zero-order valence-electron chi connectivity index (χ0n) is 11.7. The van der Waals surface area contributed by atoms with E-state index in [1.807, 2.05) is 11.8 Å². The minimum Gasteiger partial charge on any atom is -0.322 e. The average Bonchev–Trinajstić information content (AvgIpc) is 2.87. The number of carbonyl (C=O) groups is 1. The fourth-order valence-electron chi connectivity index (χ4n) is 2.55. The summed E-state index contributed by atoms with van der Waals surface area (Å²) in [5.41, 5.74) is 0.241. The van der Waals surface area contributed by atoms with Crippen molar-refractivity contribution in [3.05, 3.63) is 30.1 Å². The fraction of sp³-hybridized carbons (Fsp3) is 0.533. The van der Waals surface area contributed by atoms with Crippen LogP contribution in [0, 0.1) is 5.82 Å². The van der Waals surface area contributed by atoms with Gasteiger partial charge in [0, 0.05) is 11.3 Å². The van der Waals surface area contributed by atoms with Crippen LogP contribution in [0.2, 0.25) is 0 Å². The maximum atomic E-state index is 13.4. The van der Waals surface area contributed by atoms with E-state index in [-0.39, 0.29) is 18.1 Å². The van der Waals surface area contributed by atoms with E-state index >= 15 is 0 Å². The molecule has 5 heteroatoms. The van der Waals surface area contributed by atoms with Crippen LogP contribution in [0.1, 0.15) is 26.2 Å². The van der Waals surface area contributed by atoms with Crippen molar-refractivity contribution in [1.29, 1.82) is 0 Å². The first-order chi connectivity index (χ1) is 9.70. The molecule has 0 radical (unpaired) electrons. The second-order valence-electron chi connectivity index (χ2n) is 4.94. The Kier molecular flexibility index (Phi) is 5.86. The molecule has 1 aliphatic carbocycles. The number of benzene rings is 1. The predicted molar refractivity (Wildman–Crippen MR) is 82.6 cm³/mol. The van der Waals surface area contributed by atoms with E-state index in [1.54, 1.807) is 18.2 Å². The molecule has 0 bridgehead atoms. The Morgan fingerprint density at radius 1 is 1.40 bits per heavy atom. The Bertz CT molecular complexity index is 455. The molecule has 1 saturated carbocycles. The lowest BCUT2D eigenvalue weighted by molar-refractivity contribution is -0.115. The van der Waals surface area contributed by atoms with Gasteiger partial charge in [-0.05, 0) is 30.7 Å². The first kappa shape index (κ1) is 15.3. The zero-order valence-corrected chi connectivity index (χ0v) is 12.5. The van der Waals surface area contributed by atoms with Crippen molar-refractivity contribution < 1.29 is 9.18 Å². The van der Waals surface area contributed by atoms with Gasteiger partial charge in [0.2, 0.25) is 5.91 Å². The molecule has 110 valence electrons. The number of para-hydroxylation sites is 1. The number of amides is 1. The standard InChI is InChI=1S/C15H21FN2OS/c1-2-20-14-9-5-8-13(14)17-10-15(19)18-12-7-4-3-6-11(12)16/h3-4,6-7,13-14,17H,2,5,8-10H2,1H3,(H,18,19). The van der Waals surface area contributed by atoms with Gasteiger partial charge < -0.3 is 10.6 Å². The number of hydrogen-bond acceptors (Lipinski definition) is 3. The Morgan fingerprint density at radius 2 is 2.20 bits per heavy atom. The maximum absolute atomic E-state index is 13.4. The molecule has 2 N–H and O–H groups in total. The number of halogens is 1. The SMILES string of the molecule is CCSC1CCCC1NCC(=O)Nc1ccccc1F. The van der Waals surface area contributed by atoms with Crippen molar-refractivity contribution in [1.82, 2.24) is 5.32 Å². The van der Waals surface area contributed by atoms with Crippen molar-refractivity contribution in [2.75, 3.05) is 17.6 Å². The van der Waals surface area contributed by atoms with E-state index in [9.17, 15) is 9.18 Å². The van der Waals surface area contributed by atoms with Crippen molar-refractivity contribution in [2.24, 2.45) is 0 Å². The summed E-state index contributed by atoms with van der Waals surface area (Å²) >= 11 is 1.95. The fourth-order valence-corrected chi connectivity index (χ4v) is 3.78. The monoisotopic (exact) mass is 296 g/mol. The topological polar surface area (TPSA) is 41.1 Å². The summed E-state index contributed by atoms with van der Waals surface area (Å²) in [6.45, 7) is 2.39. The molecular formula is C15H21FN2OS. The van der Waals surface area contributed by atoms with E-state index in [0.717, 1.165) is 12.2 Å². The van der Waals surface area contributed by atoms with Crippen LogP contribution in [0.15, 0.2) is 24.3 Å².